The number of ketones is 1. The van der Waals surface area contributed by atoms with E-state index in [1.807, 2.05) is 0 Å². The maximum atomic E-state index is 12.1. The summed E-state index contributed by atoms with van der Waals surface area (Å²) in [6.45, 7) is 0. The number of nitrogens with zero attached hydrogens (tertiary/aromatic N) is 2. The summed E-state index contributed by atoms with van der Waals surface area (Å²) >= 11 is 2.85. The fourth-order valence-electron chi connectivity index (χ4n) is 1.23. The molecule has 0 aromatic carbocycles. The number of carbonyl (C=O) groups is 2. The van der Waals surface area contributed by atoms with Gasteiger partial charge in [0.1, 0.15) is 6.04 Å². The summed E-state index contributed by atoms with van der Waals surface area (Å²) in [6.07, 6.45) is -2.45. The zero-order valence-electron chi connectivity index (χ0n) is 9.16. The number of Topliss-reactive ketones (excluding diaryl/α,β-unsaturated/α-hetero) is 1. The predicted octanol–water partition coefficient (Wildman–Crippen LogP) is 1.10. The van der Waals surface area contributed by atoms with E-state index < -0.39 is 23.9 Å². The highest BCUT2D eigenvalue weighted by Crippen LogP contribution is 2.19. The molecule has 9 heteroatoms. The van der Waals surface area contributed by atoms with E-state index >= 15 is 0 Å². The van der Waals surface area contributed by atoms with E-state index in [9.17, 15) is 22.8 Å². The predicted molar refractivity (Wildman–Crippen MR) is 58.9 cm³/mol. The van der Waals surface area contributed by atoms with Gasteiger partial charge in [0.25, 0.3) is 0 Å². The molecule has 0 aliphatic rings. The first-order valence-corrected chi connectivity index (χ1v) is 5.82. The molecule has 1 heterocycles. The molecule has 100 valence electrons. The van der Waals surface area contributed by atoms with Crippen LogP contribution in [0.2, 0.25) is 0 Å². The standard InChI is InChI=1S/C9H9BrF3N3O2/c1-16-4-5(3-14-16)7(6(17)2-10)15-8(18)9(11,12)13/h3-4,7H,2H2,1H3,(H,15,18). The summed E-state index contributed by atoms with van der Waals surface area (Å²) in [5.74, 6) is -2.76. The van der Waals surface area contributed by atoms with Crippen LogP contribution in [0.5, 0.6) is 0 Å². The Labute approximate surface area is 108 Å². The number of aromatic nitrogens is 2. The van der Waals surface area contributed by atoms with E-state index in [2.05, 4.69) is 21.0 Å². The summed E-state index contributed by atoms with van der Waals surface area (Å²) in [4.78, 5) is 22.4. The minimum atomic E-state index is -5.03. The van der Waals surface area contributed by atoms with Crippen LogP contribution in [-0.4, -0.2) is 33.0 Å². The maximum absolute atomic E-state index is 12.1. The third kappa shape index (κ3) is 3.56. The molecule has 1 N–H and O–H groups in total. The number of halogens is 4. The van der Waals surface area contributed by atoms with Gasteiger partial charge in [-0.1, -0.05) is 15.9 Å². The molecule has 1 aromatic heterocycles. The number of nitrogens with one attached hydrogen (secondary N) is 1. The lowest BCUT2D eigenvalue weighted by Gasteiger charge is -2.16. The largest absolute Gasteiger partial charge is 0.471 e. The first kappa shape index (κ1) is 14.7. The molecule has 0 saturated carbocycles. The Hall–Kier alpha value is -1.38. The van der Waals surface area contributed by atoms with E-state index in [4.69, 9.17) is 0 Å². The lowest BCUT2D eigenvalue weighted by atomic mass is 10.1. The average molecular weight is 328 g/mol. The van der Waals surface area contributed by atoms with Crippen molar-refractivity contribution < 1.29 is 22.8 Å². The second kappa shape index (κ2) is 5.51. The molecular weight excluding hydrogens is 319 g/mol. The fraction of sp³-hybridized carbons (Fsp3) is 0.444. The Morgan fingerprint density at radius 3 is 2.56 bits per heavy atom. The van der Waals surface area contributed by atoms with E-state index in [-0.39, 0.29) is 10.9 Å². The van der Waals surface area contributed by atoms with Crippen molar-refractivity contribution in [2.24, 2.45) is 7.05 Å². The van der Waals surface area contributed by atoms with Crippen molar-refractivity contribution >= 4 is 27.6 Å². The summed E-state index contributed by atoms with van der Waals surface area (Å²) < 4.78 is 37.7. The van der Waals surface area contributed by atoms with E-state index in [1.165, 1.54) is 17.1 Å². The van der Waals surface area contributed by atoms with Gasteiger partial charge in [0.15, 0.2) is 5.78 Å². The number of hydrogen-bond donors (Lipinski definition) is 1. The topological polar surface area (TPSA) is 64.0 Å². The van der Waals surface area contributed by atoms with Gasteiger partial charge in [-0.05, 0) is 0 Å². The number of hydrogen-bond acceptors (Lipinski definition) is 3. The number of amides is 1. The molecule has 0 bridgehead atoms. The lowest BCUT2D eigenvalue weighted by molar-refractivity contribution is -0.174. The van der Waals surface area contributed by atoms with E-state index in [0.717, 1.165) is 0 Å². The molecule has 0 saturated heterocycles. The van der Waals surface area contributed by atoms with Crippen molar-refractivity contribution in [2.75, 3.05) is 5.33 Å². The Balaban J connectivity index is 2.94. The summed E-state index contributed by atoms with van der Waals surface area (Å²) in [7, 11) is 1.55. The minimum Gasteiger partial charge on any atom is -0.334 e. The summed E-state index contributed by atoms with van der Waals surface area (Å²) in [5.41, 5.74) is 0.194. The van der Waals surface area contributed by atoms with Gasteiger partial charge in [-0.3, -0.25) is 14.3 Å². The average Bonchev–Trinajstić information content (AvgIpc) is 2.69. The van der Waals surface area contributed by atoms with Crippen LogP contribution in [0.25, 0.3) is 0 Å². The molecule has 1 atom stereocenters. The van der Waals surface area contributed by atoms with Crippen LogP contribution in [0.1, 0.15) is 11.6 Å². The van der Waals surface area contributed by atoms with Gasteiger partial charge >= 0.3 is 12.1 Å². The number of alkyl halides is 4. The summed E-state index contributed by atoms with van der Waals surface area (Å²) in [6, 6.07) is -1.37. The number of aryl methyl sites for hydroxylation is 1. The molecule has 0 aliphatic carbocycles. The van der Waals surface area contributed by atoms with Crippen molar-refractivity contribution in [3.05, 3.63) is 18.0 Å². The second-order valence-corrected chi connectivity index (χ2v) is 4.01. The van der Waals surface area contributed by atoms with Crippen molar-refractivity contribution in [1.29, 1.82) is 0 Å². The van der Waals surface area contributed by atoms with Crippen LogP contribution in [-0.2, 0) is 16.6 Å². The highest BCUT2D eigenvalue weighted by atomic mass is 79.9. The molecule has 0 fully saturated rings. The summed E-state index contributed by atoms with van der Waals surface area (Å²) in [5, 5.41) is 5.20. The van der Waals surface area contributed by atoms with Crippen LogP contribution in [0, 0.1) is 0 Å². The first-order chi connectivity index (χ1) is 8.25. The smallest absolute Gasteiger partial charge is 0.334 e. The van der Waals surface area contributed by atoms with Crippen LogP contribution in [0.4, 0.5) is 13.2 Å². The Kier molecular flexibility index (Phi) is 4.49. The van der Waals surface area contributed by atoms with Gasteiger partial charge in [-0.15, -0.1) is 0 Å². The molecule has 5 nitrogen and oxygen atoms in total. The van der Waals surface area contributed by atoms with Crippen LogP contribution >= 0.6 is 15.9 Å². The molecular formula is C9H9BrF3N3O2. The SMILES string of the molecule is Cn1cc(C(NC(=O)C(F)(F)F)C(=O)CBr)cn1. The normalized spacial score (nSPS) is 13.2. The van der Waals surface area contributed by atoms with Gasteiger partial charge in [0.05, 0.1) is 11.5 Å². The monoisotopic (exact) mass is 327 g/mol. The van der Waals surface area contributed by atoms with Gasteiger partial charge < -0.3 is 5.32 Å². The van der Waals surface area contributed by atoms with Crippen LogP contribution < -0.4 is 5.32 Å². The molecule has 1 aromatic rings. The van der Waals surface area contributed by atoms with Crippen LogP contribution in [0.15, 0.2) is 12.4 Å². The van der Waals surface area contributed by atoms with E-state index in [1.54, 1.807) is 12.4 Å². The number of rotatable bonds is 4. The van der Waals surface area contributed by atoms with Gasteiger partial charge in [0.2, 0.25) is 0 Å². The van der Waals surface area contributed by atoms with Crippen molar-refractivity contribution in [2.45, 2.75) is 12.2 Å². The molecule has 1 amide bonds. The van der Waals surface area contributed by atoms with E-state index in [0.29, 0.717) is 0 Å². The molecule has 18 heavy (non-hydrogen) atoms. The molecule has 1 rings (SSSR count). The van der Waals surface area contributed by atoms with Crippen molar-refractivity contribution in [3.63, 3.8) is 0 Å². The Bertz CT molecular complexity index is 458. The lowest BCUT2D eigenvalue weighted by Crippen LogP contribution is -2.42. The molecule has 0 radical (unpaired) electrons. The minimum absolute atomic E-state index is 0.176. The third-order valence-electron chi connectivity index (χ3n) is 2.04. The highest BCUT2D eigenvalue weighted by Gasteiger charge is 2.41. The second-order valence-electron chi connectivity index (χ2n) is 3.45. The van der Waals surface area contributed by atoms with Gasteiger partial charge in [-0.25, -0.2) is 0 Å². The van der Waals surface area contributed by atoms with Crippen molar-refractivity contribution in [3.8, 4) is 0 Å². The van der Waals surface area contributed by atoms with Gasteiger partial charge in [-0.2, -0.15) is 18.3 Å². The zero-order chi connectivity index (χ0) is 13.9. The zero-order valence-corrected chi connectivity index (χ0v) is 10.7. The Morgan fingerprint density at radius 2 is 2.17 bits per heavy atom. The molecule has 0 spiro atoms. The molecule has 1 unspecified atom stereocenters. The van der Waals surface area contributed by atoms with Crippen LogP contribution in [0.3, 0.4) is 0 Å². The maximum Gasteiger partial charge on any atom is 0.471 e. The third-order valence-corrected chi connectivity index (χ3v) is 2.60. The highest BCUT2D eigenvalue weighted by molar-refractivity contribution is 9.09. The quantitative estimate of drug-likeness (QED) is 0.842. The Morgan fingerprint density at radius 1 is 1.56 bits per heavy atom. The number of carbonyl (C=O) groups excluding carboxylic acids is 2. The van der Waals surface area contributed by atoms with Gasteiger partial charge in [0, 0.05) is 18.8 Å². The van der Waals surface area contributed by atoms with Crippen molar-refractivity contribution in [1.82, 2.24) is 15.1 Å². The fourth-order valence-corrected chi connectivity index (χ4v) is 1.55. The first-order valence-electron chi connectivity index (χ1n) is 4.70. The molecule has 0 aliphatic heterocycles.